The summed E-state index contributed by atoms with van der Waals surface area (Å²) in [6, 6.07) is 11.2. The predicted molar refractivity (Wildman–Crippen MR) is 83.9 cm³/mol. The number of nitrogens with zero attached hydrogens (tertiary/aromatic N) is 1. The molecule has 0 amide bonds. The van der Waals surface area contributed by atoms with Crippen molar-refractivity contribution in [2.24, 2.45) is 0 Å². The molecule has 1 heteroatoms. The van der Waals surface area contributed by atoms with Crippen molar-refractivity contribution in [1.82, 2.24) is 4.90 Å². The van der Waals surface area contributed by atoms with Crippen LogP contribution in [0.25, 0.3) is 5.70 Å². The maximum absolute atomic E-state index is 4.33. The Morgan fingerprint density at radius 3 is 2.63 bits per heavy atom. The summed E-state index contributed by atoms with van der Waals surface area (Å²) in [5, 5.41) is 0. The van der Waals surface area contributed by atoms with Gasteiger partial charge in [0.2, 0.25) is 0 Å². The molecule has 1 aliphatic rings. The molecule has 1 nitrogen and oxygen atoms in total. The molecule has 2 rings (SSSR count). The molecule has 1 aromatic rings. The highest BCUT2D eigenvalue weighted by molar-refractivity contribution is 5.62. The molecule has 0 saturated carbocycles. The van der Waals surface area contributed by atoms with Crippen LogP contribution in [0.15, 0.2) is 49.1 Å². The second-order valence-electron chi connectivity index (χ2n) is 5.65. The van der Waals surface area contributed by atoms with E-state index in [0.717, 1.165) is 13.0 Å². The van der Waals surface area contributed by atoms with Gasteiger partial charge in [0, 0.05) is 18.3 Å². The Bertz CT molecular complexity index is 432. The summed E-state index contributed by atoms with van der Waals surface area (Å²) in [4.78, 5) is 2.52. The van der Waals surface area contributed by atoms with Gasteiger partial charge < -0.3 is 4.90 Å². The maximum atomic E-state index is 4.33. The van der Waals surface area contributed by atoms with E-state index in [1.165, 1.54) is 42.5 Å². The molecule has 0 unspecified atom stereocenters. The molecule has 1 atom stereocenters. The van der Waals surface area contributed by atoms with Crippen LogP contribution in [0, 0.1) is 0 Å². The Hall–Kier alpha value is -1.50. The number of piperidine rings is 1. The van der Waals surface area contributed by atoms with E-state index >= 15 is 0 Å². The third kappa shape index (κ3) is 3.73. The van der Waals surface area contributed by atoms with Gasteiger partial charge in [-0.2, -0.15) is 0 Å². The molecule has 1 saturated heterocycles. The van der Waals surface area contributed by atoms with Gasteiger partial charge in [-0.3, -0.25) is 0 Å². The molecule has 0 N–H and O–H groups in total. The van der Waals surface area contributed by atoms with Gasteiger partial charge in [0.15, 0.2) is 0 Å². The normalized spacial score (nSPS) is 19.2. The maximum Gasteiger partial charge on any atom is 0.0369 e. The van der Waals surface area contributed by atoms with Gasteiger partial charge in [-0.05, 0) is 44.6 Å². The van der Waals surface area contributed by atoms with E-state index in [4.69, 9.17) is 0 Å². The molecule has 0 aromatic heterocycles. The summed E-state index contributed by atoms with van der Waals surface area (Å²) in [6.45, 7) is 11.6. The molecule has 1 heterocycles. The van der Waals surface area contributed by atoms with Crippen molar-refractivity contribution in [2.75, 3.05) is 6.54 Å². The van der Waals surface area contributed by atoms with Gasteiger partial charge in [-0.25, -0.2) is 0 Å². The van der Waals surface area contributed by atoms with Crippen molar-refractivity contribution in [3.63, 3.8) is 0 Å². The highest BCUT2D eigenvalue weighted by Crippen LogP contribution is 2.29. The van der Waals surface area contributed by atoms with Crippen LogP contribution in [-0.2, 0) is 0 Å². The van der Waals surface area contributed by atoms with E-state index in [2.05, 4.69) is 55.3 Å². The average Bonchev–Trinajstić information content (AvgIpc) is 2.45. The van der Waals surface area contributed by atoms with Gasteiger partial charge in [0.25, 0.3) is 0 Å². The molecule has 1 aliphatic heterocycles. The van der Waals surface area contributed by atoms with Crippen LogP contribution < -0.4 is 0 Å². The van der Waals surface area contributed by atoms with Crippen LogP contribution in [0.2, 0.25) is 0 Å². The fourth-order valence-electron chi connectivity index (χ4n) is 2.87. The molecule has 1 fully saturated rings. The summed E-state index contributed by atoms with van der Waals surface area (Å²) in [5.41, 5.74) is 3.73. The minimum absolute atomic E-state index is 0.637. The number of likely N-dealkylation sites (tertiary alicyclic amines) is 1. The van der Waals surface area contributed by atoms with Crippen molar-refractivity contribution >= 4 is 5.70 Å². The monoisotopic (exact) mass is 255 g/mol. The lowest BCUT2D eigenvalue weighted by Gasteiger charge is -2.39. The van der Waals surface area contributed by atoms with E-state index < -0.39 is 0 Å². The van der Waals surface area contributed by atoms with Gasteiger partial charge in [0.1, 0.15) is 0 Å². The van der Waals surface area contributed by atoms with Crippen LogP contribution in [0.4, 0.5) is 0 Å². The number of hydrogen-bond acceptors (Lipinski definition) is 1. The van der Waals surface area contributed by atoms with Gasteiger partial charge in [-0.15, -0.1) is 6.58 Å². The lowest BCUT2D eigenvalue weighted by molar-refractivity contribution is 0.217. The number of benzene rings is 1. The fraction of sp³-hybridized carbons (Fsp3) is 0.444. The SMILES string of the molecule is C=C(C)CC[C@H]1CCCCN1C(=C)c1ccccc1. The molecule has 0 spiro atoms. The third-order valence-corrected chi connectivity index (χ3v) is 3.99. The van der Waals surface area contributed by atoms with Crippen LogP contribution in [0.3, 0.4) is 0 Å². The van der Waals surface area contributed by atoms with Crippen LogP contribution in [0.1, 0.15) is 44.6 Å². The van der Waals surface area contributed by atoms with Crippen molar-refractivity contribution in [1.29, 1.82) is 0 Å². The molecule has 19 heavy (non-hydrogen) atoms. The summed E-state index contributed by atoms with van der Waals surface area (Å²) in [6.07, 6.45) is 6.26. The Morgan fingerprint density at radius 1 is 1.21 bits per heavy atom. The minimum Gasteiger partial charge on any atom is -0.369 e. The molecule has 0 bridgehead atoms. The summed E-state index contributed by atoms with van der Waals surface area (Å²) in [7, 11) is 0. The standard InChI is InChI=1S/C18H25N/c1-15(2)12-13-18-11-7-8-14-19(18)16(3)17-9-5-4-6-10-17/h4-6,9-10,18H,1,3,7-8,11-14H2,2H3/t18-/m1/s1. The van der Waals surface area contributed by atoms with Crippen molar-refractivity contribution < 1.29 is 0 Å². The van der Waals surface area contributed by atoms with E-state index in [1.807, 2.05) is 0 Å². The van der Waals surface area contributed by atoms with E-state index in [9.17, 15) is 0 Å². The number of hydrogen-bond donors (Lipinski definition) is 0. The van der Waals surface area contributed by atoms with Gasteiger partial charge >= 0.3 is 0 Å². The first-order valence-electron chi connectivity index (χ1n) is 7.34. The van der Waals surface area contributed by atoms with E-state index in [1.54, 1.807) is 0 Å². The molecule has 1 aromatic carbocycles. The lowest BCUT2D eigenvalue weighted by atomic mass is 9.95. The molecule has 0 aliphatic carbocycles. The second kappa shape index (κ2) is 6.60. The van der Waals surface area contributed by atoms with Crippen LogP contribution in [0.5, 0.6) is 0 Å². The molecular weight excluding hydrogens is 230 g/mol. The average molecular weight is 255 g/mol. The largest absolute Gasteiger partial charge is 0.369 e. The minimum atomic E-state index is 0.637. The summed E-state index contributed by atoms with van der Waals surface area (Å²) < 4.78 is 0. The van der Waals surface area contributed by atoms with Crippen molar-refractivity contribution in [2.45, 2.75) is 45.1 Å². The number of allylic oxidation sites excluding steroid dienone is 1. The quantitative estimate of drug-likeness (QED) is 0.679. The first kappa shape index (κ1) is 13.9. The second-order valence-corrected chi connectivity index (χ2v) is 5.65. The summed E-state index contributed by atoms with van der Waals surface area (Å²) in [5.74, 6) is 0. The molecule has 0 radical (unpaired) electrons. The van der Waals surface area contributed by atoms with Crippen LogP contribution in [-0.4, -0.2) is 17.5 Å². The molecular formula is C18H25N. The van der Waals surface area contributed by atoms with Gasteiger partial charge in [-0.1, -0.05) is 42.5 Å². The summed E-state index contributed by atoms with van der Waals surface area (Å²) >= 11 is 0. The Morgan fingerprint density at radius 2 is 1.95 bits per heavy atom. The first-order chi connectivity index (χ1) is 9.18. The Balaban J connectivity index is 2.06. The Labute approximate surface area is 117 Å². The van der Waals surface area contributed by atoms with Crippen molar-refractivity contribution in [3.8, 4) is 0 Å². The number of rotatable bonds is 5. The fourth-order valence-corrected chi connectivity index (χ4v) is 2.87. The highest BCUT2D eigenvalue weighted by atomic mass is 15.2. The molecule has 102 valence electrons. The zero-order valence-corrected chi connectivity index (χ0v) is 12.1. The lowest BCUT2D eigenvalue weighted by Crippen LogP contribution is -2.37. The zero-order chi connectivity index (χ0) is 13.7. The topological polar surface area (TPSA) is 3.24 Å². The highest BCUT2D eigenvalue weighted by Gasteiger charge is 2.23. The first-order valence-corrected chi connectivity index (χ1v) is 7.34. The van der Waals surface area contributed by atoms with Crippen molar-refractivity contribution in [3.05, 3.63) is 54.6 Å². The van der Waals surface area contributed by atoms with E-state index in [-0.39, 0.29) is 0 Å². The smallest absolute Gasteiger partial charge is 0.0369 e. The zero-order valence-electron chi connectivity index (χ0n) is 12.1. The van der Waals surface area contributed by atoms with Crippen LogP contribution >= 0.6 is 0 Å². The van der Waals surface area contributed by atoms with Gasteiger partial charge in [0.05, 0.1) is 0 Å². The Kier molecular flexibility index (Phi) is 4.84. The predicted octanol–water partition coefficient (Wildman–Crippen LogP) is 4.87. The van der Waals surface area contributed by atoms with E-state index in [0.29, 0.717) is 6.04 Å². The third-order valence-electron chi connectivity index (χ3n) is 3.99.